The number of nitrogens with zero attached hydrogens (tertiary/aromatic N) is 3. The van der Waals surface area contributed by atoms with Gasteiger partial charge < -0.3 is 15.1 Å². The molecule has 4 rings (SSSR count). The number of carbonyl (C=O) groups is 1. The van der Waals surface area contributed by atoms with Crippen molar-refractivity contribution in [2.24, 2.45) is 0 Å². The Morgan fingerprint density at radius 3 is 2.44 bits per heavy atom. The highest BCUT2D eigenvalue weighted by atomic mass is 35.5. The van der Waals surface area contributed by atoms with Crippen molar-refractivity contribution < 1.29 is 9.72 Å². The fraction of sp³-hybridized carbons (Fsp3) is 0.222. The van der Waals surface area contributed by atoms with Crippen LogP contribution in [0.5, 0.6) is 0 Å². The Morgan fingerprint density at radius 2 is 1.75 bits per heavy atom. The van der Waals surface area contributed by atoms with Gasteiger partial charge in [0.1, 0.15) is 5.69 Å². The summed E-state index contributed by atoms with van der Waals surface area (Å²) < 4.78 is 0. The number of benzene rings is 3. The van der Waals surface area contributed by atoms with Crippen molar-refractivity contribution in [2.75, 3.05) is 42.9 Å². The zero-order chi connectivity index (χ0) is 25.5. The van der Waals surface area contributed by atoms with Gasteiger partial charge in [-0.3, -0.25) is 14.9 Å². The van der Waals surface area contributed by atoms with Crippen LogP contribution in [-0.2, 0) is 11.2 Å². The lowest BCUT2D eigenvalue weighted by molar-refractivity contribution is -0.383. The topological polar surface area (TPSA) is 78.7 Å². The molecule has 9 heteroatoms. The molecule has 1 saturated heterocycles. The Balaban J connectivity index is 1.36. The van der Waals surface area contributed by atoms with Gasteiger partial charge in [-0.05, 0) is 47.9 Å². The van der Waals surface area contributed by atoms with Crippen molar-refractivity contribution in [3.63, 3.8) is 0 Å². The van der Waals surface area contributed by atoms with E-state index in [1.807, 2.05) is 36.4 Å². The molecule has 0 radical (unpaired) electrons. The monoisotopic (exact) mass is 524 g/mol. The highest BCUT2D eigenvalue weighted by Gasteiger charge is 2.22. The van der Waals surface area contributed by atoms with E-state index in [-0.39, 0.29) is 16.5 Å². The summed E-state index contributed by atoms with van der Waals surface area (Å²) in [6, 6.07) is 20.2. The first-order chi connectivity index (χ1) is 17.4. The molecule has 186 valence electrons. The molecule has 0 aliphatic carbocycles. The number of nitrogens with one attached hydrogen (secondary N) is 1. The number of nitro benzene ring substituents is 1. The number of anilines is 2. The minimum Gasteiger partial charge on any atom is -0.379 e. The van der Waals surface area contributed by atoms with Crippen LogP contribution in [0.4, 0.5) is 17.1 Å². The van der Waals surface area contributed by atoms with E-state index in [1.54, 1.807) is 35.2 Å². The molecule has 0 aromatic heterocycles. The summed E-state index contributed by atoms with van der Waals surface area (Å²) in [6.07, 6.45) is 3.97. The molecule has 0 bridgehead atoms. The third kappa shape index (κ3) is 6.56. The summed E-state index contributed by atoms with van der Waals surface area (Å²) in [4.78, 5) is 27.8. The van der Waals surface area contributed by atoms with Gasteiger partial charge in [0.15, 0.2) is 0 Å². The van der Waals surface area contributed by atoms with Crippen molar-refractivity contribution in [2.45, 2.75) is 6.42 Å². The Kier molecular flexibility index (Phi) is 8.46. The molecular formula is C27H26Cl2N4O3. The van der Waals surface area contributed by atoms with Crippen LogP contribution in [0.15, 0.2) is 72.8 Å². The average molecular weight is 525 g/mol. The quantitative estimate of drug-likeness (QED) is 0.225. The van der Waals surface area contributed by atoms with E-state index in [9.17, 15) is 14.9 Å². The minimum absolute atomic E-state index is 0.0478. The van der Waals surface area contributed by atoms with E-state index in [0.717, 1.165) is 23.2 Å². The maximum absolute atomic E-state index is 12.7. The van der Waals surface area contributed by atoms with Crippen LogP contribution in [0, 0.1) is 10.1 Å². The van der Waals surface area contributed by atoms with Crippen LogP contribution in [0.1, 0.15) is 11.1 Å². The largest absolute Gasteiger partial charge is 0.379 e. The molecule has 3 aromatic carbocycles. The summed E-state index contributed by atoms with van der Waals surface area (Å²) in [5, 5.41) is 15.8. The Morgan fingerprint density at radius 1 is 1.00 bits per heavy atom. The molecule has 36 heavy (non-hydrogen) atoms. The number of hydrogen-bond donors (Lipinski definition) is 1. The van der Waals surface area contributed by atoms with Crippen LogP contribution >= 0.6 is 23.2 Å². The second-order valence-corrected chi connectivity index (χ2v) is 9.28. The number of nitro groups is 1. The molecule has 0 saturated carbocycles. The number of halogens is 2. The summed E-state index contributed by atoms with van der Waals surface area (Å²) in [5.41, 5.74) is 3.32. The lowest BCUT2D eigenvalue weighted by atomic mass is 10.1. The Labute approximate surface area is 220 Å². The van der Waals surface area contributed by atoms with Crippen LogP contribution in [0.3, 0.4) is 0 Å². The van der Waals surface area contributed by atoms with Gasteiger partial charge in [-0.1, -0.05) is 59.6 Å². The highest BCUT2D eigenvalue weighted by Crippen LogP contribution is 2.30. The van der Waals surface area contributed by atoms with E-state index in [0.29, 0.717) is 48.5 Å². The van der Waals surface area contributed by atoms with E-state index >= 15 is 0 Å². The molecule has 1 N–H and O–H groups in total. The first-order valence-corrected chi connectivity index (χ1v) is 12.4. The maximum atomic E-state index is 12.7. The van der Waals surface area contributed by atoms with Crippen molar-refractivity contribution in [1.82, 2.24) is 4.90 Å². The maximum Gasteiger partial charge on any atom is 0.292 e. The zero-order valence-corrected chi connectivity index (χ0v) is 21.1. The molecule has 3 aromatic rings. The van der Waals surface area contributed by atoms with Gasteiger partial charge in [0.25, 0.3) is 5.69 Å². The standard InChI is InChI=1S/C27H26Cl2N4O3/c28-22-8-6-21(24(29)18-22)7-11-27(34)32-16-14-31(15-17-32)23-9-10-26(33(35)36)25(19-23)30-13-12-20-4-2-1-3-5-20/h1-11,18-19,30H,12-17H2. The predicted molar refractivity (Wildman–Crippen MR) is 146 cm³/mol. The second kappa shape index (κ2) is 11.9. The van der Waals surface area contributed by atoms with Crippen molar-refractivity contribution in [3.8, 4) is 0 Å². The first kappa shape index (κ1) is 25.5. The van der Waals surface area contributed by atoms with Gasteiger partial charge in [-0.25, -0.2) is 0 Å². The van der Waals surface area contributed by atoms with Crippen molar-refractivity contribution >= 4 is 52.2 Å². The van der Waals surface area contributed by atoms with Gasteiger partial charge in [0.05, 0.1) is 4.92 Å². The number of rotatable bonds is 8. The molecule has 0 unspecified atom stereocenters. The number of carbonyl (C=O) groups excluding carboxylic acids is 1. The Bertz CT molecular complexity index is 1260. The zero-order valence-electron chi connectivity index (χ0n) is 19.6. The van der Waals surface area contributed by atoms with E-state index in [4.69, 9.17) is 23.2 Å². The molecule has 0 spiro atoms. The van der Waals surface area contributed by atoms with Gasteiger partial charge in [0, 0.05) is 60.6 Å². The van der Waals surface area contributed by atoms with Crippen molar-refractivity contribution in [3.05, 3.63) is 104 Å². The average Bonchev–Trinajstić information content (AvgIpc) is 2.88. The number of hydrogen-bond acceptors (Lipinski definition) is 5. The molecule has 1 amide bonds. The lowest BCUT2D eigenvalue weighted by Crippen LogP contribution is -2.48. The molecule has 1 aliphatic rings. The smallest absolute Gasteiger partial charge is 0.292 e. The fourth-order valence-corrected chi connectivity index (χ4v) is 4.57. The molecule has 7 nitrogen and oxygen atoms in total. The lowest BCUT2D eigenvalue weighted by Gasteiger charge is -2.35. The normalized spacial score (nSPS) is 13.7. The van der Waals surface area contributed by atoms with Gasteiger partial charge >= 0.3 is 0 Å². The molecule has 0 atom stereocenters. The number of piperazine rings is 1. The van der Waals surface area contributed by atoms with Gasteiger partial charge in [0.2, 0.25) is 5.91 Å². The van der Waals surface area contributed by atoms with E-state index in [1.165, 1.54) is 12.1 Å². The molecule has 1 fully saturated rings. The molecular weight excluding hydrogens is 499 g/mol. The number of amides is 1. The molecule has 1 aliphatic heterocycles. The third-order valence-corrected chi connectivity index (χ3v) is 6.64. The van der Waals surface area contributed by atoms with E-state index < -0.39 is 0 Å². The highest BCUT2D eigenvalue weighted by molar-refractivity contribution is 6.35. The van der Waals surface area contributed by atoms with Gasteiger partial charge in [-0.2, -0.15) is 0 Å². The summed E-state index contributed by atoms with van der Waals surface area (Å²) >= 11 is 12.1. The molecule has 1 heterocycles. The SMILES string of the molecule is O=C(C=Cc1ccc(Cl)cc1Cl)N1CCN(c2ccc([N+](=O)[O-])c(NCCc3ccccc3)c2)CC1. The first-order valence-electron chi connectivity index (χ1n) is 11.6. The van der Waals surface area contributed by atoms with E-state index in [2.05, 4.69) is 10.2 Å². The fourth-order valence-electron chi connectivity index (χ4n) is 4.10. The van der Waals surface area contributed by atoms with Crippen LogP contribution in [0.25, 0.3) is 6.08 Å². The van der Waals surface area contributed by atoms with Crippen molar-refractivity contribution in [1.29, 1.82) is 0 Å². The summed E-state index contributed by atoms with van der Waals surface area (Å²) in [7, 11) is 0. The predicted octanol–water partition coefficient (Wildman–Crippen LogP) is 5.92. The Hall–Kier alpha value is -3.55. The third-order valence-electron chi connectivity index (χ3n) is 6.07. The van der Waals surface area contributed by atoms with Crippen LogP contribution in [-0.4, -0.2) is 48.5 Å². The van der Waals surface area contributed by atoms with Crippen LogP contribution < -0.4 is 10.2 Å². The van der Waals surface area contributed by atoms with Gasteiger partial charge in [-0.15, -0.1) is 0 Å². The second-order valence-electron chi connectivity index (χ2n) is 8.43. The minimum atomic E-state index is -0.371. The summed E-state index contributed by atoms with van der Waals surface area (Å²) in [6.45, 7) is 2.93. The summed E-state index contributed by atoms with van der Waals surface area (Å²) in [5.74, 6) is -0.0902. The van der Waals surface area contributed by atoms with Crippen LogP contribution in [0.2, 0.25) is 10.0 Å².